The Morgan fingerprint density at radius 1 is 1.12 bits per heavy atom. The van der Waals surface area contributed by atoms with Gasteiger partial charge in [0.15, 0.2) is 5.12 Å². The zero-order chi connectivity index (χ0) is 23.8. The van der Waals surface area contributed by atoms with Crippen LogP contribution in [0.4, 0.5) is 0 Å². The monoisotopic (exact) mass is 486 g/mol. The van der Waals surface area contributed by atoms with Gasteiger partial charge in [0.25, 0.3) is 0 Å². The Labute approximate surface area is 201 Å². The molecule has 0 radical (unpaired) electrons. The van der Waals surface area contributed by atoms with Crippen molar-refractivity contribution in [2.24, 2.45) is 5.92 Å². The fraction of sp³-hybridized carbons (Fsp3) is 0.333. The van der Waals surface area contributed by atoms with E-state index in [1.54, 1.807) is 0 Å². The maximum absolute atomic E-state index is 13.2. The third-order valence-electron chi connectivity index (χ3n) is 5.18. The van der Waals surface area contributed by atoms with Gasteiger partial charge in [0.1, 0.15) is 18.0 Å². The Morgan fingerprint density at radius 3 is 2.36 bits per heavy atom. The van der Waals surface area contributed by atoms with E-state index in [0.717, 1.165) is 22.9 Å². The Hall–Kier alpha value is -2.78. The molecule has 1 unspecified atom stereocenters. The van der Waals surface area contributed by atoms with Crippen molar-refractivity contribution in [3.05, 3.63) is 71.8 Å². The number of amides is 2. The molecule has 2 N–H and O–H groups in total. The summed E-state index contributed by atoms with van der Waals surface area (Å²) in [5.74, 6) is -1.72. The van der Waals surface area contributed by atoms with Gasteiger partial charge in [0.05, 0.1) is 5.92 Å². The average molecular weight is 487 g/mol. The maximum Gasteiger partial charge on any atom is 0.323 e. The second-order valence-electron chi connectivity index (χ2n) is 7.71. The molecule has 1 fully saturated rings. The molecule has 0 aromatic heterocycles. The SMILES string of the molecule is CC(=O)SCC(Cc1ccccc1)C(=O)N[C@@H]1CS[C@H](c2ccccc2)N(CC(=O)O)C1=O. The first-order chi connectivity index (χ1) is 15.8. The topological polar surface area (TPSA) is 104 Å². The number of carboxylic acid groups (broad SMARTS) is 1. The van der Waals surface area contributed by atoms with Gasteiger partial charge in [0, 0.05) is 18.4 Å². The summed E-state index contributed by atoms with van der Waals surface area (Å²) in [6.45, 7) is 1.00. The molecule has 33 heavy (non-hydrogen) atoms. The fourth-order valence-electron chi connectivity index (χ4n) is 3.60. The van der Waals surface area contributed by atoms with Gasteiger partial charge in [-0.05, 0) is 17.5 Å². The van der Waals surface area contributed by atoms with Crippen molar-refractivity contribution in [3.63, 3.8) is 0 Å². The smallest absolute Gasteiger partial charge is 0.323 e. The van der Waals surface area contributed by atoms with E-state index in [9.17, 15) is 24.3 Å². The van der Waals surface area contributed by atoms with Crippen molar-refractivity contribution in [2.75, 3.05) is 18.1 Å². The largest absolute Gasteiger partial charge is 0.480 e. The van der Waals surface area contributed by atoms with Crippen molar-refractivity contribution in [3.8, 4) is 0 Å². The molecular weight excluding hydrogens is 460 g/mol. The second kappa shape index (κ2) is 11.9. The van der Waals surface area contributed by atoms with Gasteiger partial charge < -0.3 is 15.3 Å². The summed E-state index contributed by atoms with van der Waals surface area (Å²) in [7, 11) is 0. The third kappa shape index (κ3) is 7.10. The van der Waals surface area contributed by atoms with Crippen LogP contribution in [0.5, 0.6) is 0 Å². The summed E-state index contributed by atoms with van der Waals surface area (Å²) in [5.41, 5.74) is 1.80. The van der Waals surface area contributed by atoms with Gasteiger partial charge in [-0.3, -0.25) is 19.2 Å². The first kappa shape index (κ1) is 24.9. The third-order valence-corrected chi connectivity index (χ3v) is 7.52. The molecule has 1 aliphatic heterocycles. The average Bonchev–Trinajstić information content (AvgIpc) is 2.80. The molecule has 3 rings (SSSR count). The molecule has 2 aromatic rings. The summed E-state index contributed by atoms with van der Waals surface area (Å²) in [6, 6.07) is 17.9. The van der Waals surface area contributed by atoms with Gasteiger partial charge >= 0.3 is 5.97 Å². The summed E-state index contributed by atoms with van der Waals surface area (Å²) in [6.07, 6.45) is 0.437. The van der Waals surface area contributed by atoms with Crippen LogP contribution in [-0.4, -0.2) is 57.0 Å². The summed E-state index contributed by atoms with van der Waals surface area (Å²) in [5, 5.41) is 11.7. The highest BCUT2D eigenvalue weighted by atomic mass is 32.2. The Kier molecular flexibility index (Phi) is 8.96. The van der Waals surface area contributed by atoms with E-state index in [1.807, 2.05) is 60.7 Å². The van der Waals surface area contributed by atoms with Crippen LogP contribution < -0.4 is 5.32 Å². The molecule has 7 nitrogen and oxygen atoms in total. The standard InChI is InChI=1S/C24H26N2O5S2/c1-16(27)32-14-19(12-17-8-4-2-5-9-17)22(30)25-20-15-33-24(18-10-6-3-7-11-18)26(23(20)31)13-21(28)29/h2-11,19-20,24H,12-15H2,1H3,(H,25,30)(H,28,29)/t19?,20-,24-/m1/s1. The van der Waals surface area contributed by atoms with E-state index in [0.29, 0.717) is 17.9 Å². The number of aliphatic carboxylic acids is 1. The van der Waals surface area contributed by atoms with Crippen molar-refractivity contribution in [2.45, 2.75) is 24.8 Å². The number of hydrogen-bond acceptors (Lipinski definition) is 6. The summed E-state index contributed by atoms with van der Waals surface area (Å²) >= 11 is 2.50. The Balaban J connectivity index is 1.74. The van der Waals surface area contributed by atoms with Crippen LogP contribution in [0.1, 0.15) is 23.4 Å². The highest BCUT2D eigenvalue weighted by Crippen LogP contribution is 2.37. The molecule has 2 aromatic carbocycles. The van der Waals surface area contributed by atoms with Gasteiger partial charge in [-0.2, -0.15) is 0 Å². The molecule has 0 aliphatic carbocycles. The normalized spacial score (nSPS) is 19.1. The molecular formula is C24H26N2O5S2. The molecule has 2 amide bonds. The Bertz CT molecular complexity index is 987. The number of nitrogens with zero attached hydrogens (tertiary/aromatic N) is 1. The van der Waals surface area contributed by atoms with Crippen LogP contribution in [0.15, 0.2) is 60.7 Å². The lowest BCUT2D eigenvalue weighted by Gasteiger charge is -2.38. The number of carbonyl (C=O) groups is 4. The number of hydrogen-bond donors (Lipinski definition) is 2. The number of carboxylic acids is 1. The fourth-order valence-corrected chi connectivity index (χ4v) is 5.62. The van der Waals surface area contributed by atoms with Crippen molar-refractivity contribution in [1.29, 1.82) is 0 Å². The van der Waals surface area contributed by atoms with Gasteiger partial charge in [0.2, 0.25) is 11.8 Å². The minimum atomic E-state index is -1.11. The summed E-state index contributed by atoms with van der Waals surface area (Å²) < 4.78 is 0. The molecule has 0 spiro atoms. The molecule has 174 valence electrons. The first-order valence-corrected chi connectivity index (χ1v) is 12.5. The number of nitrogens with one attached hydrogen (secondary N) is 1. The second-order valence-corrected chi connectivity index (χ2v) is 10.0. The molecule has 1 heterocycles. The molecule has 1 saturated heterocycles. The maximum atomic E-state index is 13.2. The van der Waals surface area contributed by atoms with Crippen molar-refractivity contribution < 1.29 is 24.3 Å². The van der Waals surface area contributed by atoms with Crippen LogP contribution in [-0.2, 0) is 25.6 Å². The van der Waals surface area contributed by atoms with Crippen LogP contribution in [0, 0.1) is 5.92 Å². The van der Waals surface area contributed by atoms with Crippen LogP contribution >= 0.6 is 23.5 Å². The van der Waals surface area contributed by atoms with Crippen LogP contribution in [0.2, 0.25) is 0 Å². The molecule has 3 atom stereocenters. The van der Waals surface area contributed by atoms with E-state index >= 15 is 0 Å². The van der Waals surface area contributed by atoms with E-state index < -0.39 is 35.8 Å². The number of thioether (sulfide) groups is 2. The minimum absolute atomic E-state index is 0.0801. The van der Waals surface area contributed by atoms with E-state index in [2.05, 4.69) is 5.32 Å². The number of carbonyl (C=O) groups excluding carboxylic acids is 3. The van der Waals surface area contributed by atoms with Crippen molar-refractivity contribution in [1.82, 2.24) is 10.2 Å². The van der Waals surface area contributed by atoms with Gasteiger partial charge in [-0.1, -0.05) is 72.4 Å². The predicted molar refractivity (Wildman–Crippen MR) is 130 cm³/mol. The Morgan fingerprint density at radius 2 is 1.76 bits per heavy atom. The van der Waals surface area contributed by atoms with Crippen LogP contribution in [0.25, 0.3) is 0 Å². The lowest BCUT2D eigenvalue weighted by atomic mass is 10.00. The van der Waals surface area contributed by atoms with E-state index in [1.165, 1.54) is 23.6 Å². The van der Waals surface area contributed by atoms with Gasteiger partial charge in [-0.15, -0.1) is 11.8 Å². The first-order valence-electron chi connectivity index (χ1n) is 10.5. The molecule has 0 bridgehead atoms. The van der Waals surface area contributed by atoms with E-state index in [4.69, 9.17) is 0 Å². The highest BCUT2D eigenvalue weighted by Gasteiger charge is 2.39. The lowest BCUT2D eigenvalue weighted by molar-refractivity contribution is -0.146. The zero-order valence-corrected chi connectivity index (χ0v) is 19.8. The quantitative estimate of drug-likeness (QED) is 0.562. The lowest BCUT2D eigenvalue weighted by Crippen LogP contribution is -2.56. The van der Waals surface area contributed by atoms with Gasteiger partial charge in [-0.25, -0.2) is 0 Å². The predicted octanol–water partition coefficient (Wildman–Crippen LogP) is 2.97. The molecule has 0 saturated carbocycles. The number of benzene rings is 2. The summed E-state index contributed by atoms with van der Waals surface area (Å²) in [4.78, 5) is 50.6. The molecule has 1 aliphatic rings. The van der Waals surface area contributed by atoms with Crippen LogP contribution in [0.3, 0.4) is 0 Å². The highest BCUT2D eigenvalue weighted by molar-refractivity contribution is 8.13. The van der Waals surface area contributed by atoms with E-state index in [-0.39, 0.29) is 11.0 Å². The zero-order valence-electron chi connectivity index (χ0n) is 18.2. The molecule has 9 heteroatoms. The minimum Gasteiger partial charge on any atom is -0.480 e. The number of rotatable bonds is 9. The van der Waals surface area contributed by atoms with Crippen molar-refractivity contribution >= 4 is 46.4 Å².